The monoisotopic (exact) mass is 337 g/mol. The van der Waals surface area contributed by atoms with Crippen LogP contribution in [0, 0.1) is 4.77 Å². The van der Waals surface area contributed by atoms with E-state index in [1.165, 1.54) is 11.1 Å². The van der Waals surface area contributed by atoms with Crippen molar-refractivity contribution in [2.45, 2.75) is 26.1 Å². The predicted molar refractivity (Wildman–Crippen MR) is 101 cm³/mol. The van der Waals surface area contributed by atoms with E-state index in [0.717, 1.165) is 37.4 Å². The molecule has 24 heavy (non-hydrogen) atoms. The highest BCUT2D eigenvalue weighted by atomic mass is 32.1. The van der Waals surface area contributed by atoms with Crippen molar-refractivity contribution in [3.05, 3.63) is 89.0 Å². The minimum atomic E-state index is 0.799. The molecule has 0 amide bonds. The fraction of sp³-hybridized carbons (Fsp3) is 0.250. The van der Waals surface area contributed by atoms with Gasteiger partial charge in [-0.3, -0.25) is 4.90 Å². The summed E-state index contributed by atoms with van der Waals surface area (Å²) in [5.74, 6) is 0. The summed E-state index contributed by atoms with van der Waals surface area (Å²) in [6, 6.07) is 21.3. The molecule has 0 bridgehead atoms. The van der Waals surface area contributed by atoms with Crippen molar-refractivity contribution in [1.29, 1.82) is 0 Å². The highest BCUT2D eigenvalue weighted by molar-refractivity contribution is 7.71. The van der Waals surface area contributed by atoms with Crippen LogP contribution >= 0.6 is 12.2 Å². The average molecular weight is 337 g/mol. The molecule has 3 rings (SSSR count). The Hall–Kier alpha value is -2.17. The molecule has 0 aliphatic rings. The number of aromatic amines is 1. The van der Waals surface area contributed by atoms with Gasteiger partial charge in [0.1, 0.15) is 0 Å². The van der Waals surface area contributed by atoms with E-state index in [1.54, 1.807) is 0 Å². The van der Waals surface area contributed by atoms with Crippen LogP contribution in [0.5, 0.6) is 0 Å². The fourth-order valence-corrected chi connectivity index (χ4v) is 3.11. The van der Waals surface area contributed by atoms with Gasteiger partial charge in [-0.1, -0.05) is 60.7 Å². The molecule has 0 unspecified atom stereocenters. The van der Waals surface area contributed by atoms with Crippen molar-refractivity contribution in [3.63, 3.8) is 0 Å². The number of nitrogens with one attached hydrogen (secondary N) is 1. The summed E-state index contributed by atoms with van der Waals surface area (Å²) in [6.07, 6.45) is 4.99. The van der Waals surface area contributed by atoms with Gasteiger partial charge >= 0.3 is 0 Å². The SMILES string of the molecule is S=c1[nH]ccn1CCCN(Cc1ccccc1)Cc1ccccc1. The van der Waals surface area contributed by atoms with Gasteiger partial charge in [-0.05, 0) is 29.8 Å². The van der Waals surface area contributed by atoms with E-state index in [2.05, 4.69) is 75.1 Å². The smallest absolute Gasteiger partial charge is 0.177 e. The number of hydrogen-bond acceptors (Lipinski definition) is 2. The van der Waals surface area contributed by atoms with Gasteiger partial charge in [-0.25, -0.2) is 0 Å². The molecule has 1 aromatic heterocycles. The van der Waals surface area contributed by atoms with Crippen LogP contribution in [0.15, 0.2) is 73.1 Å². The van der Waals surface area contributed by atoms with E-state index in [4.69, 9.17) is 12.2 Å². The first-order valence-corrected chi connectivity index (χ1v) is 8.76. The molecular formula is C20H23N3S. The second-order valence-corrected chi connectivity index (χ2v) is 6.38. The lowest BCUT2D eigenvalue weighted by Gasteiger charge is -2.22. The lowest BCUT2D eigenvalue weighted by atomic mass is 10.1. The first kappa shape index (κ1) is 16.7. The van der Waals surface area contributed by atoms with E-state index in [-0.39, 0.29) is 0 Å². The molecule has 0 spiro atoms. The molecule has 3 aromatic rings. The summed E-state index contributed by atoms with van der Waals surface area (Å²) in [4.78, 5) is 5.55. The third-order valence-corrected chi connectivity index (χ3v) is 4.45. The van der Waals surface area contributed by atoms with Crippen LogP contribution in [-0.2, 0) is 19.6 Å². The first-order chi connectivity index (χ1) is 11.8. The number of aromatic nitrogens is 2. The maximum atomic E-state index is 5.27. The molecule has 0 saturated carbocycles. The van der Waals surface area contributed by atoms with Crippen molar-refractivity contribution in [2.75, 3.05) is 6.54 Å². The summed E-state index contributed by atoms with van der Waals surface area (Å²) in [5.41, 5.74) is 2.71. The normalized spacial score (nSPS) is 11.0. The van der Waals surface area contributed by atoms with E-state index in [1.807, 2.05) is 12.4 Å². The maximum Gasteiger partial charge on any atom is 0.177 e. The van der Waals surface area contributed by atoms with E-state index in [0.29, 0.717) is 0 Å². The summed E-state index contributed by atoms with van der Waals surface area (Å²) < 4.78 is 2.89. The number of hydrogen-bond donors (Lipinski definition) is 1. The third-order valence-electron chi connectivity index (χ3n) is 4.09. The summed E-state index contributed by atoms with van der Waals surface area (Å²) >= 11 is 5.27. The Kier molecular flexibility index (Phi) is 5.99. The molecule has 1 heterocycles. The molecule has 0 fully saturated rings. The quantitative estimate of drug-likeness (QED) is 0.606. The zero-order valence-electron chi connectivity index (χ0n) is 13.8. The molecule has 4 heteroatoms. The molecule has 3 nitrogen and oxygen atoms in total. The summed E-state index contributed by atoms with van der Waals surface area (Å²) in [6.45, 7) is 3.92. The Balaban J connectivity index is 1.62. The second kappa shape index (κ2) is 8.62. The first-order valence-electron chi connectivity index (χ1n) is 8.35. The minimum Gasteiger partial charge on any atom is -0.337 e. The van der Waals surface area contributed by atoms with Gasteiger partial charge in [0.25, 0.3) is 0 Å². The van der Waals surface area contributed by atoms with Crippen LogP contribution in [0.25, 0.3) is 0 Å². The van der Waals surface area contributed by atoms with Crippen molar-refractivity contribution in [2.24, 2.45) is 0 Å². The Morgan fingerprint density at radius 3 is 1.96 bits per heavy atom. The highest BCUT2D eigenvalue weighted by Gasteiger charge is 2.07. The molecule has 0 radical (unpaired) electrons. The molecular weight excluding hydrogens is 314 g/mol. The number of aryl methyl sites for hydroxylation is 1. The van der Waals surface area contributed by atoms with Crippen LogP contribution in [0.2, 0.25) is 0 Å². The number of imidazole rings is 1. The number of rotatable bonds is 8. The van der Waals surface area contributed by atoms with E-state index >= 15 is 0 Å². The van der Waals surface area contributed by atoms with Gasteiger partial charge in [-0.15, -0.1) is 0 Å². The highest BCUT2D eigenvalue weighted by Crippen LogP contribution is 2.11. The number of benzene rings is 2. The Morgan fingerprint density at radius 2 is 1.46 bits per heavy atom. The van der Waals surface area contributed by atoms with Crippen LogP contribution < -0.4 is 0 Å². The maximum absolute atomic E-state index is 5.27. The lowest BCUT2D eigenvalue weighted by molar-refractivity contribution is 0.248. The molecule has 0 aliphatic heterocycles. The molecule has 2 aromatic carbocycles. The van der Waals surface area contributed by atoms with Crippen LogP contribution in [0.3, 0.4) is 0 Å². The Labute approximate surface area is 148 Å². The van der Waals surface area contributed by atoms with Gasteiger partial charge in [0.15, 0.2) is 4.77 Å². The van der Waals surface area contributed by atoms with Crippen molar-refractivity contribution < 1.29 is 0 Å². The molecule has 0 atom stereocenters. The van der Waals surface area contributed by atoms with Gasteiger partial charge in [0, 0.05) is 38.6 Å². The third kappa shape index (κ3) is 4.91. The summed E-state index contributed by atoms with van der Waals surface area (Å²) in [5, 5.41) is 0. The molecule has 1 N–H and O–H groups in total. The topological polar surface area (TPSA) is 24.0 Å². The largest absolute Gasteiger partial charge is 0.337 e. The van der Waals surface area contributed by atoms with Gasteiger partial charge < -0.3 is 9.55 Å². The zero-order chi connectivity index (χ0) is 16.6. The Bertz CT molecular complexity index is 736. The van der Waals surface area contributed by atoms with Crippen molar-refractivity contribution in [1.82, 2.24) is 14.5 Å². The average Bonchev–Trinajstić information content (AvgIpc) is 3.02. The van der Waals surface area contributed by atoms with Crippen molar-refractivity contribution >= 4 is 12.2 Å². The number of H-pyrrole nitrogens is 1. The van der Waals surface area contributed by atoms with E-state index < -0.39 is 0 Å². The van der Waals surface area contributed by atoms with Crippen molar-refractivity contribution in [3.8, 4) is 0 Å². The lowest BCUT2D eigenvalue weighted by Crippen LogP contribution is -2.25. The zero-order valence-corrected chi connectivity index (χ0v) is 14.6. The van der Waals surface area contributed by atoms with Gasteiger partial charge in [-0.2, -0.15) is 0 Å². The summed E-state index contributed by atoms with van der Waals surface area (Å²) in [7, 11) is 0. The van der Waals surface area contributed by atoms with Gasteiger partial charge in [0.2, 0.25) is 0 Å². The van der Waals surface area contributed by atoms with Crippen LogP contribution in [0.1, 0.15) is 17.5 Å². The Morgan fingerprint density at radius 1 is 0.875 bits per heavy atom. The minimum absolute atomic E-state index is 0.799. The standard InChI is InChI=1S/C20H23N3S/c24-20-21-12-15-23(20)14-7-13-22(16-18-8-3-1-4-9-18)17-19-10-5-2-6-11-19/h1-6,8-12,15H,7,13-14,16-17H2,(H,21,24). The van der Waals surface area contributed by atoms with Crippen LogP contribution in [-0.4, -0.2) is 21.0 Å². The molecule has 0 saturated heterocycles. The predicted octanol–water partition coefficient (Wildman–Crippen LogP) is 4.64. The fourth-order valence-electron chi connectivity index (χ4n) is 2.89. The molecule has 0 aliphatic carbocycles. The second-order valence-electron chi connectivity index (χ2n) is 5.99. The number of nitrogens with zero attached hydrogens (tertiary/aromatic N) is 2. The molecule has 124 valence electrons. The van der Waals surface area contributed by atoms with Gasteiger partial charge in [0.05, 0.1) is 0 Å². The van der Waals surface area contributed by atoms with E-state index in [9.17, 15) is 0 Å². The van der Waals surface area contributed by atoms with Crippen LogP contribution in [0.4, 0.5) is 0 Å².